The predicted octanol–water partition coefficient (Wildman–Crippen LogP) is 3.10. The fourth-order valence-corrected chi connectivity index (χ4v) is 3.29. The van der Waals surface area contributed by atoms with Crippen molar-refractivity contribution in [3.63, 3.8) is 0 Å². The van der Waals surface area contributed by atoms with Crippen LogP contribution in [0.4, 0.5) is 5.69 Å². The van der Waals surface area contributed by atoms with Crippen molar-refractivity contribution < 1.29 is 4.74 Å². The Balaban J connectivity index is 1.74. The van der Waals surface area contributed by atoms with Crippen molar-refractivity contribution >= 4 is 11.6 Å². The first kappa shape index (κ1) is 18.4. The molecule has 1 unspecified atom stereocenters. The first-order chi connectivity index (χ1) is 12.6. The van der Waals surface area contributed by atoms with Crippen molar-refractivity contribution in [3.8, 4) is 0 Å². The van der Waals surface area contributed by atoms with E-state index >= 15 is 0 Å². The number of aryl methyl sites for hydroxylation is 2. The van der Waals surface area contributed by atoms with Crippen molar-refractivity contribution in [2.75, 3.05) is 38.2 Å². The Morgan fingerprint density at radius 3 is 2.50 bits per heavy atom. The molecule has 5 heteroatoms. The van der Waals surface area contributed by atoms with Gasteiger partial charge in [0.25, 0.3) is 0 Å². The quantitative estimate of drug-likeness (QED) is 0.641. The molecule has 1 fully saturated rings. The smallest absolute Gasteiger partial charge is 0.193 e. The van der Waals surface area contributed by atoms with Gasteiger partial charge in [-0.05, 0) is 37.1 Å². The number of aliphatic imine (C=N–C) groups is 1. The van der Waals surface area contributed by atoms with Gasteiger partial charge in [0.2, 0.25) is 0 Å². The molecule has 2 aromatic carbocycles. The first-order valence-corrected chi connectivity index (χ1v) is 9.14. The van der Waals surface area contributed by atoms with E-state index in [9.17, 15) is 0 Å². The number of rotatable bonds is 5. The Morgan fingerprint density at radius 2 is 1.81 bits per heavy atom. The van der Waals surface area contributed by atoms with Crippen molar-refractivity contribution in [3.05, 3.63) is 65.2 Å². The van der Waals surface area contributed by atoms with Gasteiger partial charge in [-0.2, -0.15) is 0 Å². The maximum Gasteiger partial charge on any atom is 0.193 e. The van der Waals surface area contributed by atoms with E-state index in [1.165, 1.54) is 16.7 Å². The molecule has 5 nitrogen and oxygen atoms in total. The summed E-state index contributed by atoms with van der Waals surface area (Å²) in [5, 5.41) is 3.19. The van der Waals surface area contributed by atoms with Crippen molar-refractivity contribution in [1.29, 1.82) is 0 Å². The van der Waals surface area contributed by atoms with Gasteiger partial charge in [-0.15, -0.1) is 0 Å². The monoisotopic (exact) mass is 352 g/mol. The van der Waals surface area contributed by atoms with Crippen LogP contribution in [0, 0.1) is 13.8 Å². The summed E-state index contributed by atoms with van der Waals surface area (Å²) < 4.78 is 5.51. The Kier molecular flexibility index (Phi) is 6.26. The number of hydrogen-bond acceptors (Lipinski definition) is 3. The van der Waals surface area contributed by atoms with E-state index in [-0.39, 0.29) is 6.04 Å². The summed E-state index contributed by atoms with van der Waals surface area (Å²) in [4.78, 5) is 7.06. The molecular weight excluding hydrogens is 324 g/mol. The minimum atomic E-state index is 0.205. The molecule has 0 saturated carbocycles. The van der Waals surface area contributed by atoms with Crippen molar-refractivity contribution in [2.45, 2.75) is 19.9 Å². The molecule has 1 heterocycles. The van der Waals surface area contributed by atoms with Gasteiger partial charge in [0.1, 0.15) is 0 Å². The highest BCUT2D eigenvalue weighted by Crippen LogP contribution is 2.23. The van der Waals surface area contributed by atoms with Gasteiger partial charge in [0.05, 0.1) is 25.8 Å². The zero-order valence-corrected chi connectivity index (χ0v) is 15.6. The van der Waals surface area contributed by atoms with Crippen LogP contribution in [-0.4, -0.2) is 43.7 Å². The molecule has 3 rings (SSSR count). The average Bonchev–Trinajstić information content (AvgIpc) is 2.63. The van der Waals surface area contributed by atoms with E-state index < -0.39 is 0 Å². The van der Waals surface area contributed by atoms with Crippen LogP contribution >= 0.6 is 0 Å². The van der Waals surface area contributed by atoms with Crippen molar-refractivity contribution in [2.24, 2.45) is 10.7 Å². The number of nitrogens with two attached hydrogens (primary N) is 1. The Hall–Kier alpha value is -2.37. The molecule has 0 amide bonds. The summed E-state index contributed by atoms with van der Waals surface area (Å²) in [6, 6.07) is 17.0. The van der Waals surface area contributed by atoms with Crippen LogP contribution in [0.25, 0.3) is 0 Å². The van der Waals surface area contributed by atoms with Gasteiger partial charge in [-0.1, -0.05) is 42.0 Å². The van der Waals surface area contributed by atoms with E-state index in [1.54, 1.807) is 0 Å². The highest BCUT2D eigenvalue weighted by molar-refractivity contribution is 5.92. The van der Waals surface area contributed by atoms with E-state index in [0.29, 0.717) is 12.5 Å². The molecule has 0 spiro atoms. The van der Waals surface area contributed by atoms with Crippen LogP contribution in [-0.2, 0) is 4.74 Å². The second kappa shape index (κ2) is 8.83. The SMILES string of the molecule is Cc1cccc(NC(N)=NCC(c2cccc(C)c2)N2CCOCC2)c1. The second-order valence-corrected chi connectivity index (χ2v) is 6.80. The Bertz CT molecular complexity index is 753. The van der Waals surface area contributed by atoms with Crippen LogP contribution in [0.15, 0.2) is 53.5 Å². The van der Waals surface area contributed by atoms with E-state index in [1.807, 2.05) is 12.1 Å². The number of morpholine rings is 1. The van der Waals surface area contributed by atoms with Crippen molar-refractivity contribution in [1.82, 2.24) is 4.90 Å². The largest absolute Gasteiger partial charge is 0.379 e. The molecular formula is C21H28N4O. The van der Waals surface area contributed by atoms with Gasteiger partial charge < -0.3 is 15.8 Å². The number of hydrogen-bond donors (Lipinski definition) is 2. The molecule has 2 aromatic rings. The maximum atomic E-state index is 6.14. The van der Waals surface area contributed by atoms with Crippen LogP contribution in [0.5, 0.6) is 0 Å². The molecule has 0 aliphatic carbocycles. The lowest BCUT2D eigenvalue weighted by Gasteiger charge is -2.34. The topological polar surface area (TPSA) is 62.9 Å². The van der Waals surface area contributed by atoms with Crippen LogP contribution in [0.2, 0.25) is 0 Å². The normalized spacial score (nSPS) is 17.1. The standard InChI is InChI=1S/C21H28N4O/c1-16-5-3-7-18(13-16)20(25-9-11-26-12-10-25)15-23-21(22)24-19-8-4-6-17(2)14-19/h3-8,13-14,20H,9-12,15H2,1-2H3,(H3,22,23,24). The highest BCUT2D eigenvalue weighted by Gasteiger charge is 2.22. The zero-order chi connectivity index (χ0) is 18.4. The summed E-state index contributed by atoms with van der Waals surface area (Å²) in [6.07, 6.45) is 0. The van der Waals surface area contributed by atoms with Gasteiger partial charge in [0, 0.05) is 18.8 Å². The van der Waals surface area contributed by atoms with Gasteiger partial charge >= 0.3 is 0 Å². The third kappa shape index (κ3) is 5.07. The summed E-state index contributed by atoms with van der Waals surface area (Å²) >= 11 is 0. The summed E-state index contributed by atoms with van der Waals surface area (Å²) in [5.74, 6) is 0.446. The molecule has 3 N–H and O–H groups in total. The molecule has 0 aromatic heterocycles. The van der Waals surface area contributed by atoms with Crippen LogP contribution in [0.1, 0.15) is 22.7 Å². The molecule has 1 saturated heterocycles. The molecule has 1 aliphatic rings. The predicted molar refractivity (Wildman–Crippen MR) is 108 cm³/mol. The second-order valence-electron chi connectivity index (χ2n) is 6.80. The number of ether oxygens (including phenoxy) is 1. The number of nitrogens with zero attached hydrogens (tertiary/aromatic N) is 2. The zero-order valence-electron chi connectivity index (χ0n) is 15.6. The lowest BCUT2D eigenvalue weighted by molar-refractivity contribution is 0.0180. The minimum Gasteiger partial charge on any atom is -0.379 e. The van der Waals surface area contributed by atoms with E-state index in [2.05, 4.69) is 65.5 Å². The number of guanidine groups is 1. The molecule has 0 radical (unpaired) electrons. The molecule has 26 heavy (non-hydrogen) atoms. The van der Waals surface area contributed by atoms with Crippen LogP contribution < -0.4 is 11.1 Å². The number of benzene rings is 2. The summed E-state index contributed by atoms with van der Waals surface area (Å²) in [5.41, 5.74) is 10.8. The van der Waals surface area contributed by atoms with Crippen LogP contribution in [0.3, 0.4) is 0 Å². The highest BCUT2D eigenvalue weighted by atomic mass is 16.5. The fraction of sp³-hybridized carbons (Fsp3) is 0.381. The average molecular weight is 352 g/mol. The number of nitrogens with one attached hydrogen (secondary N) is 1. The summed E-state index contributed by atoms with van der Waals surface area (Å²) in [7, 11) is 0. The molecule has 1 atom stereocenters. The van der Waals surface area contributed by atoms with E-state index in [4.69, 9.17) is 10.5 Å². The fourth-order valence-electron chi connectivity index (χ4n) is 3.29. The van der Waals surface area contributed by atoms with E-state index in [0.717, 1.165) is 32.0 Å². The van der Waals surface area contributed by atoms with Gasteiger partial charge in [0.15, 0.2) is 5.96 Å². The maximum absolute atomic E-state index is 6.14. The Morgan fingerprint density at radius 1 is 1.12 bits per heavy atom. The first-order valence-electron chi connectivity index (χ1n) is 9.14. The minimum absolute atomic E-state index is 0.205. The molecule has 138 valence electrons. The summed E-state index contributed by atoms with van der Waals surface area (Å²) in [6.45, 7) is 8.17. The Labute approximate surface area is 155 Å². The lowest BCUT2D eigenvalue weighted by atomic mass is 10.0. The lowest BCUT2D eigenvalue weighted by Crippen LogP contribution is -2.40. The number of anilines is 1. The van der Waals surface area contributed by atoms with Gasteiger partial charge in [-0.25, -0.2) is 0 Å². The molecule has 1 aliphatic heterocycles. The van der Waals surface area contributed by atoms with Gasteiger partial charge in [-0.3, -0.25) is 9.89 Å². The third-order valence-electron chi connectivity index (χ3n) is 4.64. The molecule has 0 bridgehead atoms. The third-order valence-corrected chi connectivity index (χ3v) is 4.64.